The number of halogens is 3. The Balaban J connectivity index is 2.47. The van der Waals surface area contributed by atoms with Crippen molar-refractivity contribution in [3.63, 3.8) is 0 Å². The highest BCUT2D eigenvalue weighted by atomic mass is 35.5. The summed E-state index contributed by atoms with van der Waals surface area (Å²) in [5, 5.41) is 3.36. The number of carbonyl (C=O) groups excluding carboxylic acids is 2. The molecule has 0 aliphatic rings. The SMILES string of the molecule is CCNC(=O)[C@@H](C)N(Cc1ccc(Cl)cc1Cl)C(=O)CN(c1ccc(F)cc1)S(=O)(=O)N(C)C. The number of amides is 2. The van der Waals surface area contributed by atoms with Gasteiger partial charge in [0.15, 0.2) is 0 Å². The quantitative estimate of drug-likeness (QED) is 0.508. The number of anilines is 1. The highest BCUT2D eigenvalue weighted by Crippen LogP contribution is 2.25. The minimum Gasteiger partial charge on any atom is -0.355 e. The number of benzene rings is 2. The number of nitrogens with zero attached hydrogens (tertiary/aromatic N) is 3. The van der Waals surface area contributed by atoms with E-state index >= 15 is 0 Å². The van der Waals surface area contributed by atoms with E-state index in [1.807, 2.05) is 0 Å². The van der Waals surface area contributed by atoms with Crippen LogP contribution in [0.15, 0.2) is 42.5 Å². The van der Waals surface area contributed by atoms with Crippen LogP contribution in [0.3, 0.4) is 0 Å². The standard InChI is InChI=1S/C22H27Cl2FN4O4S/c1-5-26-22(31)15(2)28(13-16-6-7-17(23)12-20(16)24)21(30)14-29(34(32,33)27(3)4)19-10-8-18(25)9-11-19/h6-12,15H,5,13-14H2,1-4H3,(H,26,31)/t15-/m1/s1. The summed E-state index contributed by atoms with van der Waals surface area (Å²) in [5.74, 6) is -1.62. The molecule has 0 unspecified atom stereocenters. The molecule has 0 heterocycles. The first kappa shape index (κ1) is 27.8. The molecule has 2 aromatic carbocycles. The summed E-state index contributed by atoms with van der Waals surface area (Å²) in [6.07, 6.45) is 0. The Kier molecular flexibility index (Phi) is 9.69. The highest BCUT2D eigenvalue weighted by molar-refractivity contribution is 7.90. The van der Waals surface area contributed by atoms with Gasteiger partial charge in [0, 0.05) is 37.2 Å². The van der Waals surface area contributed by atoms with E-state index in [0.29, 0.717) is 22.2 Å². The Labute approximate surface area is 209 Å². The minimum absolute atomic E-state index is 0.0631. The maximum absolute atomic E-state index is 13.5. The Bertz CT molecular complexity index is 1130. The maximum atomic E-state index is 13.5. The van der Waals surface area contributed by atoms with Crippen LogP contribution in [0.25, 0.3) is 0 Å². The van der Waals surface area contributed by atoms with Crippen LogP contribution < -0.4 is 9.62 Å². The summed E-state index contributed by atoms with van der Waals surface area (Å²) in [7, 11) is -1.49. The van der Waals surface area contributed by atoms with Gasteiger partial charge in [0.2, 0.25) is 11.8 Å². The molecule has 8 nitrogen and oxygen atoms in total. The predicted molar refractivity (Wildman–Crippen MR) is 132 cm³/mol. The summed E-state index contributed by atoms with van der Waals surface area (Å²) < 4.78 is 41.3. The molecular weight excluding hydrogens is 506 g/mol. The van der Waals surface area contributed by atoms with E-state index < -0.39 is 40.4 Å². The van der Waals surface area contributed by atoms with Gasteiger partial charge in [0.25, 0.3) is 0 Å². The summed E-state index contributed by atoms with van der Waals surface area (Å²) >= 11 is 12.2. The lowest BCUT2D eigenvalue weighted by Gasteiger charge is -2.33. The topological polar surface area (TPSA) is 90.0 Å². The van der Waals surface area contributed by atoms with Crippen molar-refractivity contribution in [1.29, 1.82) is 0 Å². The van der Waals surface area contributed by atoms with Crippen molar-refractivity contribution in [3.8, 4) is 0 Å². The van der Waals surface area contributed by atoms with E-state index in [9.17, 15) is 22.4 Å². The van der Waals surface area contributed by atoms with Crippen LogP contribution >= 0.6 is 23.2 Å². The first-order valence-corrected chi connectivity index (χ1v) is 12.5. The van der Waals surface area contributed by atoms with E-state index in [4.69, 9.17) is 23.2 Å². The molecule has 0 fully saturated rings. The van der Waals surface area contributed by atoms with Crippen LogP contribution in [0.5, 0.6) is 0 Å². The number of likely N-dealkylation sites (N-methyl/N-ethyl adjacent to an activating group) is 1. The molecule has 186 valence electrons. The van der Waals surface area contributed by atoms with Gasteiger partial charge in [-0.2, -0.15) is 12.7 Å². The van der Waals surface area contributed by atoms with Crippen molar-refractivity contribution in [3.05, 3.63) is 63.9 Å². The van der Waals surface area contributed by atoms with Crippen LogP contribution in [0.4, 0.5) is 10.1 Å². The third kappa shape index (κ3) is 6.82. The molecule has 2 rings (SSSR count). The van der Waals surface area contributed by atoms with Gasteiger partial charge in [-0.05, 0) is 55.8 Å². The summed E-state index contributed by atoms with van der Waals surface area (Å²) in [5.41, 5.74) is 0.623. The molecule has 0 saturated heterocycles. The molecule has 0 saturated carbocycles. The zero-order valence-electron chi connectivity index (χ0n) is 19.3. The molecule has 1 atom stereocenters. The van der Waals surface area contributed by atoms with Crippen molar-refractivity contribution in [2.45, 2.75) is 26.4 Å². The molecule has 0 bridgehead atoms. The van der Waals surface area contributed by atoms with Crippen molar-refractivity contribution < 1.29 is 22.4 Å². The van der Waals surface area contributed by atoms with Crippen molar-refractivity contribution in [1.82, 2.24) is 14.5 Å². The fourth-order valence-corrected chi connectivity index (χ4v) is 4.59. The zero-order chi connectivity index (χ0) is 25.6. The molecular formula is C22H27Cl2FN4O4S. The second-order valence-electron chi connectivity index (χ2n) is 7.60. The molecule has 0 spiro atoms. The van der Waals surface area contributed by atoms with Gasteiger partial charge in [0.05, 0.1) is 5.69 Å². The molecule has 0 aliphatic heterocycles. The molecule has 1 N–H and O–H groups in total. The predicted octanol–water partition coefficient (Wildman–Crippen LogP) is 3.30. The summed E-state index contributed by atoms with van der Waals surface area (Å²) in [6, 6.07) is 8.53. The van der Waals surface area contributed by atoms with Crippen molar-refractivity contribution in [2.75, 3.05) is 31.5 Å². The number of hydrogen-bond acceptors (Lipinski definition) is 4. The lowest BCUT2D eigenvalue weighted by atomic mass is 10.1. The summed E-state index contributed by atoms with van der Waals surface area (Å²) in [6.45, 7) is 2.94. The van der Waals surface area contributed by atoms with E-state index in [0.717, 1.165) is 20.7 Å². The smallest absolute Gasteiger partial charge is 0.304 e. The molecule has 2 amide bonds. The molecule has 0 aromatic heterocycles. The van der Waals surface area contributed by atoms with Gasteiger partial charge < -0.3 is 10.2 Å². The molecule has 12 heteroatoms. The monoisotopic (exact) mass is 532 g/mol. The number of carbonyl (C=O) groups is 2. The highest BCUT2D eigenvalue weighted by Gasteiger charge is 2.32. The first-order valence-electron chi connectivity index (χ1n) is 10.3. The van der Waals surface area contributed by atoms with Crippen LogP contribution in [0, 0.1) is 5.82 Å². The molecule has 0 radical (unpaired) electrons. The van der Waals surface area contributed by atoms with Gasteiger partial charge in [-0.25, -0.2) is 8.70 Å². The van der Waals surface area contributed by atoms with Gasteiger partial charge in [-0.3, -0.25) is 9.59 Å². The first-order chi connectivity index (χ1) is 15.9. The number of nitrogens with one attached hydrogen (secondary N) is 1. The van der Waals surface area contributed by atoms with E-state index in [-0.39, 0.29) is 12.2 Å². The average Bonchev–Trinajstić information content (AvgIpc) is 2.77. The molecule has 0 aliphatic carbocycles. The van der Waals surface area contributed by atoms with Gasteiger partial charge >= 0.3 is 10.2 Å². The lowest BCUT2D eigenvalue weighted by molar-refractivity contribution is -0.139. The second-order valence-corrected chi connectivity index (χ2v) is 10.5. The van der Waals surface area contributed by atoms with Crippen LogP contribution in [0.2, 0.25) is 10.0 Å². The van der Waals surface area contributed by atoms with Gasteiger partial charge in [-0.1, -0.05) is 29.3 Å². The van der Waals surface area contributed by atoms with E-state index in [2.05, 4.69) is 5.32 Å². The van der Waals surface area contributed by atoms with E-state index in [1.165, 1.54) is 44.1 Å². The number of rotatable bonds is 10. The van der Waals surface area contributed by atoms with E-state index in [1.54, 1.807) is 19.1 Å². The zero-order valence-corrected chi connectivity index (χ0v) is 21.6. The Morgan fingerprint density at radius 2 is 1.71 bits per heavy atom. The van der Waals surface area contributed by atoms with Crippen molar-refractivity contribution >= 4 is 50.9 Å². The fourth-order valence-electron chi connectivity index (χ4n) is 3.06. The average molecular weight is 533 g/mol. The Hall–Kier alpha value is -2.40. The summed E-state index contributed by atoms with van der Waals surface area (Å²) in [4.78, 5) is 27.3. The van der Waals surface area contributed by atoms with Crippen LogP contribution in [0.1, 0.15) is 19.4 Å². The largest absolute Gasteiger partial charge is 0.355 e. The van der Waals surface area contributed by atoms with Crippen molar-refractivity contribution in [2.24, 2.45) is 0 Å². The second kappa shape index (κ2) is 11.8. The van der Waals surface area contributed by atoms with Gasteiger partial charge in [0.1, 0.15) is 18.4 Å². The Morgan fingerprint density at radius 1 is 1.09 bits per heavy atom. The van der Waals surface area contributed by atoms with Crippen LogP contribution in [-0.2, 0) is 26.3 Å². The maximum Gasteiger partial charge on any atom is 0.304 e. The third-order valence-electron chi connectivity index (χ3n) is 5.01. The minimum atomic E-state index is -4.12. The number of hydrogen-bond donors (Lipinski definition) is 1. The molecule has 2 aromatic rings. The van der Waals surface area contributed by atoms with Gasteiger partial charge in [-0.15, -0.1) is 0 Å². The third-order valence-corrected chi connectivity index (χ3v) is 7.41. The Morgan fingerprint density at radius 3 is 2.24 bits per heavy atom. The normalized spacial score (nSPS) is 12.4. The fraction of sp³-hybridized carbons (Fsp3) is 0.364. The lowest BCUT2D eigenvalue weighted by Crippen LogP contribution is -2.52. The van der Waals surface area contributed by atoms with Crippen LogP contribution in [-0.4, -0.2) is 62.7 Å². The molecule has 34 heavy (non-hydrogen) atoms.